The maximum Gasteiger partial charge on any atom is 0.189 e. The van der Waals surface area contributed by atoms with Gasteiger partial charge in [-0.3, -0.25) is 9.59 Å². The van der Waals surface area contributed by atoms with Gasteiger partial charge in [-0.2, -0.15) is 0 Å². The molecule has 438 valence electrons. The van der Waals surface area contributed by atoms with Gasteiger partial charge in [0.15, 0.2) is 11.6 Å². The monoisotopic (exact) mass is 1150 g/mol. The lowest BCUT2D eigenvalue weighted by Crippen LogP contribution is -2.28. The summed E-state index contributed by atoms with van der Waals surface area (Å²) in [5.41, 5.74) is 6.69. The predicted octanol–water partition coefficient (Wildman–Crippen LogP) is 13.6. The molecule has 7 atom stereocenters. The Morgan fingerprint density at radius 3 is 1.56 bits per heavy atom. The molecule has 0 radical (unpaired) electrons. The van der Waals surface area contributed by atoms with Gasteiger partial charge in [-0.1, -0.05) is 54.6 Å². The van der Waals surface area contributed by atoms with Crippen molar-refractivity contribution >= 4 is 17.6 Å². The van der Waals surface area contributed by atoms with Gasteiger partial charge in [0.25, 0.3) is 0 Å². The lowest BCUT2D eigenvalue weighted by atomic mass is 9.71. The molecule has 0 spiro atoms. The molecule has 2 aliphatic heterocycles. The number of phenols is 1. The molecule has 15 nitrogen and oxygen atoms in total. The minimum Gasteiger partial charge on any atom is -0.507 e. The van der Waals surface area contributed by atoms with Crippen LogP contribution in [-0.4, -0.2) is 87.8 Å². The molecule has 1 fully saturated rings. The Hall–Kier alpha value is -9.60. The van der Waals surface area contributed by atoms with Gasteiger partial charge in [-0.15, -0.1) is 0 Å². The number of benzene rings is 8. The number of carbonyl (C=O) groups is 2. The van der Waals surface area contributed by atoms with E-state index in [2.05, 4.69) is 6.07 Å². The second-order valence-electron chi connectivity index (χ2n) is 20.6. The average molecular weight is 1150 g/mol. The van der Waals surface area contributed by atoms with Crippen molar-refractivity contribution in [3.8, 4) is 69.0 Å². The second-order valence-corrected chi connectivity index (χ2v) is 20.6. The fourth-order valence-electron chi connectivity index (χ4n) is 11.9. The molecule has 85 heavy (non-hydrogen) atoms. The van der Waals surface area contributed by atoms with Crippen LogP contribution in [0.25, 0.3) is 6.08 Å². The first-order valence-electron chi connectivity index (χ1n) is 27.6. The van der Waals surface area contributed by atoms with E-state index < -0.39 is 47.8 Å². The van der Waals surface area contributed by atoms with Crippen LogP contribution in [-0.2, 0) is 11.2 Å². The van der Waals surface area contributed by atoms with Crippen LogP contribution in [0.4, 0.5) is 0 Å². The van der Waals surface area contributed by atoms with E-state index in [0.29, 0.717) is 91.9 Å². The maximum atomic E-state index is 15.9. The molecule has 8 aromatic carbocycles. The number of aromatic hydroxyl groups is 1. The Kier molecular flexibility index (Phi) is 17.9. The Balaban J connectivity index is 1.21. The van der Waals surface area contributed by atoms with Crippen LogP contribution in [0, 0.1) is 11.8 Å². The number of Topliss-reactive ketones (excluding diaryl/α,β-unsaturated/α-hetero) is 1. The van der Waals surface area contributed by atoms with E-state index in [1.807, 2.05) is 115 Å². The largest absolute Gasteiger partial charge is 0.507 e. The number of ether oxygens (including phenoxy) is 12. The van der Waals surface area contributed by atoms with Gasteiger partial charge in [0, 0.05) is 64.3 Å². The SMILES string of the molecule is COc1ccc(C[C@H]2[C@H](C(=O)c3ccc(OC)cc3OC)[C@@H](c3ccc(OC)cc3)O[C@H]2c2cc([C@@H](c3ccc(OC)cc3OC)[C@@H]3c4cc(C=CC(=O)c5ccc(OC)cc5O)ccc4O[C@H]3c3ccc(OC)cc3)c(OC)cc2OC)cc1. The number of carbonyl (C=O) groups excluding carboxylic acids is 2. The van der Waals surface area contributed by atoms with Crippen molar-refractivity contribution in [3.63, 3.8) is 0 Å². The molecule has 2 heterocycles. The first-order valence-corrected chi connectivity index (χ1v) is 27.6. The number of allylic oxidation sites excluding steroid dienone is 1. The molecule has 0 amide bonds. The summed E-state index contributed by atoms with van der Waals surface area (Å²) in [7, 11) is 15.9. The number of methoxy groups -OCH3 is 10. The number of rotatable bonds is 23. The lowest BCUT2D eigenvalue weighted by molar-refractivity contribution is 0.0253. The topological polar surface area (TPSA) is 165 Å². The zero-order valence-electron chi connectivity index (χ0n) is 49.1. The third kappa shape index (κ3) is 11.9. The normalized spacial score (nSPS) is 18.1. The number of fused-ring (bicyclic) bond motifs is 1. The summed E-state index contributed by atoms with van der Waals surface area (Å²) in [5.74, 6) is 2.61. The molecule has 15 heteroatoms. The Morgan fingerprint density at radius 2 is 0.988 bits per heavy atom. The van der Waals surface area contributed by atoms with E-state index in [-0.39, 0.29) is 17.1 Å². The highest BCUT2D eigenvalue weighted by Crippen LogP contribution is 2.60. The summed E-state index contributed by atoms with van der Waals surface area (Å²) >= 11 is 0. The minimum atomic E-state index is -0.811. The van der Waals surface area contributed by atoms with Crippen LogP contribution >= 0.6 is 0 Å². The van der Waals surface area contributed by atoms with Crippen molar-refractivity contribution in [1.29, 1.82) is 0 Å². The predicted molar refractivity (Wildman–Crippen MR) is 322 cm³/mol. The van der Waals surface area contributed by atoms with Crippen molar-refractivity contribution < 1.29 is 71.5 Å². The third-order valence-electron chi connectivity index (χ3n) is 16.2. The molecule has 0 unspecified atom stereocenters. The van der Waals surface area contributed by atoms with Crippen molar-refractivity contribution in [2.75, 3.05) is 71.1 Å². The van der Waals surface area contributed by atoms with Crippen LogP contribution in [0.15, 0.2) is 164 Å². The van der Waals surface area contributed by atoms with Gasteiger partial charge in [0.1, 0.15) is 75.1 Å². The lowest BCUT2D eigenvalue weighted by Gasteiger charge is -2.33. The number of hydrogen-bond acceptors (Lipinski definition) is 15. The molecule has 2 aliphatic rings. The summed E-state index contributed by atoms with van der Waals surface area (Å²) in [6, 6.07) is 48.5. The van der Waals surface area contributed by atoms with Gasteiger partial charge >= 0.3 is 0 Å². The van der Waals surface area contributed by atoms with Gasteiger partial charge < -0.3 is 61.9 Å². The van der Waals surface area contributed by atoms with E-state index in [9.17, 15) is 9.90 Å². The maximum absolute atomic E-state index is 15.9. The van der Waals surface area contributed by atoms with Crippen LogP contribution in [0.1, 0.15) is 95.4 Å². The first kappa shape index (κ1) is 58.6. The fourth-order valence-corrected chi connectivity index (χ4v) is 11.9. The summed E-state index contributed by atoms with van der Waals surface area (Å²) in [6.07, 6.45) is 1.29. The van der Waals surface area contributed by atoms with Crippen molar-refractivity contribution in [1.82, 2.24) is 0 Å². The van der Waals surface area contributed by atoms with Crippen LogP contribution in [0.3, 0.4) is 0 Å². The molecule has 1 N–H and O–H groups in total. The number of ketones is 2. The Labute approximate surface area is 495 Å². The summed E-state index contributed by atoms with van der Waals surface area (Å²) in [6.45, 7) is 0. The highest BCUT2D eigenvalue weighted by molar-refractivity contribution is 6.08. The molecule has 0 saturated carbocycles. The molecular formula is C70H68O15. The Morgan fingerprint density at radius 1 is 0.471 bits per heavy atom. The minimum absolute atomic E-state index is 0.122. The zero-order chi connectivity index (χ0) is 59.9. The molecule has 0 aliphatic carbocycles. The van der Waals surface area contributed by atoms with E-state index >= 15 is 4.79 Å². The molecular weight excluding hydrogens is 1080 g/mol. The van der Waals surface area contributed by atoms with E-state index in [1.165, 1.54) is 32.4 Å². The van der Waals surface area contributed by atoms with Gasteiger partial charge in [-0.05, 0) is 120 Å². The zero-order valence-corrected chi connectivity index (χ0v) is 49.1. The van der Waals surface area contributed by atoms with Crippen molar-refractivity contribution in [3.05, 3.63) is 219 Å². The van der Waals surface area contributed by atoms with E-state index in [1.54, 1.807) is 87.2 Å². The molecule has 0 aromatic heterocycles. The van der Waals surface area contributed by atoms with Gasteiger partial charge in [0.2, 0.25) is 0 Å². The van der Waals surface area contributed by atoms with Crippen molar-refractivity contribution in [2.24, 2.45) is 11.8 Å². The Bertz CT molecular complexity index is 3710. The first-order chi connectivity index (χ1) is 41.4. The standard InChI is InChI=1S/C70H68O15/c1-74-44-19-11-40(12-20-44)34-56-66(67(73)52-30-27-49(79-6)37-61(52)81-8)69(43-17-23-46(76-3)24-18-43)85-70(56)55-38-54(62(82-9)39-63(55)83-10)64(51-29-26-48(78-5)36-60(51)80-7)65-53-33-41(13-31-57(71)50-28-25-47(77-4)35-58(50)72)14-32-59(53)84-68(65)42-15-21-45(75-2)22-16-42/h11-33,35-39,56,64-66,68-70,72H,34H2,1-10H3/t56-,64+,65-,66+,68-,69+,70-/m0/s1. The molecule has 8 aromatic rings. The summed E-state index contributed by atoms with van der Waals surface area (Å²) in [4.78, 5) is 29.6. The summed E-state index contributed by atoms with van der Waals surface area (Å²) in [5, 5.41) is 10.8. The molecule has 0 bridgehead atoms. The average Bonchev–Trinajstić information content (AvgIpc) is 2.73. The summed E-state index contributed by atoms with van der Waals surface area (Å²) < 4.78 is 73.4. The smallest absolute Gasteiger partial charge is 0.189 e. The molecule has 1 saturated heterocycles. The molecule has 10 rings (SSSR count). The second kappa shape index (κ2) is 25.9. The number of phenolic OH excluding ortho intramolecular Hbond substituents is 1. The third-order valence-corrected chi connectivity index (χ3v) is 16.2. The van der Waals surface area contributed by atoms with Crippen LogP contribution in [0.2, 0.25) is 0 Å². The van der Waals surface area contributed by atoms with E-state index in [0.717, 1.165) is 27.8 Å². The van der Waals surface area contributed by atoms with E-state index in [4.69, 9.17) is 56.8 Å². The van der Waals surface area contributed by atoms with Crippen molar-refractivity contribution in [2.45, 2.75) is 36.6 Å². The van der Waals surface area contributed by atoms with Crippen LogP contribution in [0.5, 0.6) is 69.0 Å². The van der Waals surface area contributed by atoms with Crippen LogP contribution < -0.4 is 52.1 Å². The van der Waals surface area contributed by atoms with Gasteiger partial charge in [-0.25, -0.2) is 0 Å². The van der Waals surface area contributed by atoms with Gasteiger partial charge in [0.05, 0.1) is 100 Å². The highest BCUT2D eigenvalue weighted by Gasteiger charge is 2.52. The quantitative estimate of drug-likeness (QED) is 0.0475. The number of hydrogen-bond donors (Lipinski definition) is 1. The highest BCUT2D eigenvalue weighted by atomic mass is 16.5. The fraction of sp³-hybridized carbons (Fsp3) is 0.257.